The number of benzene rings is 2. The lowest BCUT2D eigenvalue weighted by molar-refractivity contribution is -0.121. The standard InChI is InChI=1S/C23H22FN3O3/c1-15-12-17-4-2-3-5-20(17)27(15)14-21-19(10-11-30-21)23(29)26-25-22(28)13-16-6-8-18(24)9-7-16/h2-11,15H,12-14H2,1H3,(H,25,28)(H,26,29). The minimum atomic E-state index is -0.452. The van der Waals surface area contributed by atoms with E-state index in [1.807, 2.05) is 12.1 Å². The number of nitrogens with one attached hydrogen (secondary N) is 2. The molecule has 1 unspecified atom stereocenters. The number of amides is 2. The number of halogens is 1. The minimum Gasteiger partial charge on any atom is -0.467 e. The summed E-state index contributed by atoms with van der Waals surface area (Å²) in [6, 6.07) is 15.7. The monoisotopic (exact) mass is 407 g/mol. The Kier molecular flexibility index (Phi) is 5.52. The van der Waals surface area contributed by atoms with Crippen LogP contribution in [-0.2, 0) is 24.2 Å². The number of hydrazine groups is 1. The predicted octanol–water partition coefficient (Wildman–Crippen LogP) is 3.37. The maximum atomic E-state index is 13.0. The van der Waals surface area contributed by atoms with Gasteiger partial charge in [0.15, 0.2) is 0 Å². The van der Waals surface area contributed by atoms with Crippen LogP contribution in [0.15, 0.2) is 65.3 Å². The maximum Gasteiger partial charge on any atom is 0.273 e. The van der Waals surface area contributed by atoms with Gasteiger partial charge < -0.3 is 9.32 Å². The number of furan rings is 1. The Morgan fingerprint density at radius 2 is 1.87 bits per heavy atom. The van der Waals surface area contributed by atoms with Crippen LogP contribution in [-0.4, -0.2) is 17.9 Å². The number of carbonyl (C=O) groups excluding carboxylic acids is 2. The summed E-state index contributed by atoms with van der Waals surface area (Å²) in [5.41, 5.74) is 8.24. The second-order valence-corrected chi connectivity index (χ2v) is 7.37. The van der Waals surface area contributed by atoms with Crippen molar-refractivity contribution in [3.8, 4) is 0 Å². The summed E-state index contributed by atoms with van der Waals surface area (Å²) in [6.07, 6.45) is 2.44. The fourth-order valence-electron chi connectivity index (χ4n) is 3.72. The van der Waals surface area contributed by atoms with Crippen LogP contribution in [0.2, 0.25) is 0 Å². The summed E-state index contributed by atoms with van der Waals surface area (Å²) < 4.78 is 18.5. The Morgan fingerprint density at radius 1 is 1.10 bits per heavy atom. The van der Waals surface area contributed by atoms with E-state index in [0.29, 0.717) is 29.5 Å². The number of rotatable bonds is 5. The number of carbonyl (C=O) groups is 2. The highest BCUT2D eigenvalue weighted by Crippen LogP contribution is 2.33. The third-order valence-electron chi connectivity index (χ3n) is 5.25. The topological polar surface area (TPSA) is 74.6 Å². The van der Waals surface area contributed by atoms with Crippen molar-refractivity contribution in [3.05, 3.63) is 89.1 Å². The van der Waals surface area contributed by atoms with E-state index in [-0.39, 0.29) is 12.2 Å². The lowest BCUT2D eigenvalue weighted by Crippen LogP contribution is -2.42. The van der Waals surface area contributed by atoms with Crippen LogP contribution in [0, 0.1) is 5.82 Å². The summed E-state index contributed by atoms with van der Waals surface area (Å²) in [6.45, 7) is 2.59. The van der Waals surface area contributed by atoms with Gasteiger partial charge in [0.25, 0.3) is 5.91 Å². The molecule has 0 saturated heterocycles. The van der Waals surface area contributed by atoms with Crippen molar-refractivity contribution >= 4 is 17.5 Å². The van der Waals surface area contributed by atoms with Gasteiger partial charge in [0.05, 0.1) is 24.8 Å². The van der Waals surface area contributed by atoms with Crippen molar-refractivity contribution in [3.63, 3.8) is 0 Å². The molecule has 1 atom stereocenters. The van der Waals surface area contributed by atoms with Gasteiger partial charge in [0.1, 0.15) is 11.6 Å². The number of fused-ring (bicyclic) bond motifs is 1. The van der Waals surface area contributed by atoms with Crippen LogP contribution in [0.3, 0.4) is 0 Å². The lowest BCUT2D eigenvalue weighted by Gasteiger charge is -2.24. The molecule has 0 spiro atoms. The normalized spacial score (nSPS) is 15.0. The Bertz CT molecular complexity index is 1060. The molecular formula is C23H22FN3O3. The average Bonchev–Trinajstić information content (AvgIpc) is 3.33. The highest BCUT2D eigenvalue weighted by Gasteiger charge is 2.28. The third-order valence-corrected chi connectivity index (χ3v) is 5.25. The zero-order chi connectivity index (χ0) is 21.1. The van der Waals surface area contributed by atoms with Gasteiger partial charge in [-0.1, -0.05) is 30.3 Å². The summed E-state index contributed by atoms with van der Waals surface area (Å²) in [7, 11) is 0. The van der Waals surface area contributed by atoms with E-state index >= 15 is 0 Å². The van der Waals surface area contributed by atoms with E-state index in [1.54, 1.807) is 6.07 Å². The smallest absolute Gasteiger partial charge is 0.273 e. The van der Waals surface area contributed by atoms with Crippen molar-refractivity contribution in [1.82, 2.24) is 10.9 Å². The van der Waals surface area contributed by atoms with Gasteiger partial charge in [-0.3, -0.25) is 20.4 Å². The van der Waals surface area contributed by atoms with Crippen molar-refractivity contribution in [2.24, 2.45) is 0 Å². The van der Waals surface area contributed by atoms with E-state index in [4.69, 9.17) is 4.42 Å². The molecule has 1 aliphatic heterocycles. The number of hydrogen-bond acceptors (Lipinski definition) is 4. The molecule has 2 heterocycles. The molecular weight excluding hydrogens is 385 g/mol. The Hall–Kier alpha value is -3.61. The van der Waals surface area contributed by atoms with E-state index in [0.717, 1.165) is 12.1 Å². The van der Waals surface area contributed by atoms with Gasteiger partial charge in [-0.05, 0) is 48.7 Å². The number of hydrogen-bond donors (Lipinski definition) is 2. The molecule has 2 amide bonds. The summed E-state index contributed by atoms with van der Waals surface area (Å²) in [5.74, 6) is -0.688. The van der Waals surface area contributed by atoms with Crippen LogP contribution < -0.4 is 15.8 Å². The zero-order valence-electron chi connectivity index (χ0n) is 16.5. The zero-order valence-corrected chi connectivity index (χ0v) is 16.5. The molecule has 0 aliphatic carbocycles. The molecule has 0 radical (unpaired) electrons. The molecule has 0 bridgehead atoms. The first-order valence-electron chi connectivity index (χ1n) is 9.76. The molecule has 0 fully saturated rings. The second kappa shape index (κ2) is 8.41. The van der Waals surface area contributed by atoms with Gasteiger partial charge in [-0.25, -0.2) is 4.39 Å². The molecule has 0 saturated carbocycles. The fraction of sp³-hybridized carbons (Fsp3) is 0.217. The molecule has 7 heteroatoms. The van der Waals surface area contributed by atoms with Gasteiger partial charge in [-0.15, -0.1) is 0 Å². The second-order valence-electron chi connectivity index (χ2n) is 7.37. The average molecular weight is 407 g/mol. The van der Waals surface area contributed by atoms with Crippen molar-refractivity contribution in [1.29, 1.82) is 0 Å². The Labute approximate surface area is 173 Å². The van der Waals surface area contributed by atoms with Crippen molar-refractivity contribution in [2.45, 2.75) is 32.4 Å². The SMILES string of the molecule is CC1Cc2ccccc2N1Cc1occc1C(=O)NNC(=O)Cc1ccc(F)cc1. The van der Waals surface area contributed by atoms with E-state index in [9.17, 15) is 14.0 Å². The first kappa shape index (κ1) is 19.7. The molecule has 1 aromatic heterocycles. The Balaban J connectivity index is 1.37. The van der Waals surface area contributed by atoms with Crippen molar-refractivity contribution < 1.29 is 18.4 Å². The minimum absolute atomic E-state index is 0.0287. The molecule has 154 valence electrons. The molecule has 4 rings (SSSR count). The number of anilines is 1. The van der Waals surface area contributed by atoms with Crippen LogP contribution in [0.25, 0.3) is 0 Å². The fourth-order valence-corrected chi connectivity index (χ4v) is 3.72. The first-order valence-corrected chi connectivity index (χ1v) is 9.76. The van der Waals surface area contributed by atoms with E-state index in [2.05, 4.69) is 34.8 Å². The quantitative estimate of drug-likeness (QED) is 0.636. The summed E-state index contributed by atoms with van der Waals surface area (Å²) >= 11 is 0. The maximum absolute atomic E-state index is 13.0. The predicted molar refractivity (Wildman–Crippen MR) is 110 cm³/mol. The van der Waals surface area contributed by atoms with E-state index in [1.165, 1.54) is 36.1 Å². The highest BCUT2D eigenvalue weighted by atomic mass is 19.1. The van der Waals surface area contributed by atoms with Crippen LogP contribution in [0.5, 0.6) is 0 Å². The third kappa shape index (κ3) is 4.20. The summed E-state index contributed by atoms with van der Waals surface area (Å²) in [4.78, 5) is 26.8. The largest absolute Gasteiger partial charge is 0.467 e. The molecule has 1 aliphatic rings. The highest BCUT2D eigenvalue weighted by molar-refractivity contribution is 5.96. The molecule has 2 aromatic carbocycles. The molecule has 3 aromatic rings. The van der Waals surface area contributed by atoms with Crippen LogP contribution in [0.1, 0.15) is 34.2 Å². The molecule has 2 N–H and O–H groups in total. The Morgan fingerprint density at radius 3 is 2.67 bits per heavy atom. The van der Waals surface area contributed by atoms with Crippen LogP contribution in [0.4, 0.5) is 10.1 Å². The first-order chi connectivity index (χ1) is 14.5. The van der Waals surface area contributed by atoms with Gasteiger partial charge in [-0.2, -0.15) is 0 Å². The van der Waals surface area contributed by atoms with Gasteiger partial charge >= 0.3 is 0 Å². The van der Waals surface area contributed by atoms with E-state index < -0.39 is 11.8 Å². The summed E-state index contributed by atoms with van der Waals surface area (Å²) in [5, 5.41) is 0. The lowest BCUT2D eigenvalue weighted by atomic mass is 10.1. The molecule has 30 heavy (non-hydrogen) atoms. The van der Waals surface area contributed by atoms with Gasteiger partial charge in [0, 0.05) is 11.7 Å². The molecule has 6 nitrogen and oxygen atoms in total. The number of para-hydroxylation sites is 1. The van der Waals surface area contributed by atoms with Crippen LogP contribution >= 0.6 is 0 Å². The number of nitrogens with zero attached hydrogens (tertiary/aromatic N) is 1. The van der Waals surface area contributed by atoms with Gasteiger partial charge in [0.2, 0.25) is 5.91 Å². The van der Waals surface area contributed by atoms with Crippen molar-refractivity contribution in [2.75, 3.05) is 4.90 Å².